The fourth-order valence-electron chi connectivity index (χ4n) is 1.61. The van der Waals surface area contributed by atoms with Gasteiger partial charge < -0.3 is 10.2 Å². The topological polar surface area (TPSA) is 80.1 Å². The summed E-state index contributed by atoms with van der Waals surface area (Å²) in [4.78, 5) is 28.6. The summed E-state index contributed by atoms with van der Waals surface area (Å²) in [6.07, 6.45) is 1.43. The van der Waals surface area contributed by atoms with Crippen molar-refractivity contribution in [1.29, 1.82) is 0 Å². The molecule has 0 aliphatic carbocycles. The maximum atomic E-state index is 11.6. The lowest BCUT2D eigenvalue weighted by Crippen LogP contribution is -2.56. The van der Waals surface area contributed by atoms with Crippen LogP contribution in [0, 0.1) is 0 Å². The SMILES string of the molecule is CC1C(=O)NCC(=O)N1Cc1ncnn1C. The van der Waals surface area contributed by atoms with E-state index in [1.165, 1.54) is 11.2 Å². The third-order valence-corrected chi connectivity index (χ3v) is 2.70. The molecule has 1 aromatic heterocycles. The summed E-state index contributed by atoms with van der Waals surface area (Å²) in [5.41, 5.74) is 0. The molecule has 1 unspecified atom stereocenters. The summed E-state index contributed by atoms with van der Waals surface area (Å²) in [5.74, 6) is 0.423. The highest BCUT2D eigenvalue weighted by Crippen LogP contribution is 2.09. The summed E-state index contributed by atoms with van der Waals surface area (Å²) < 4.78 is 1.59. The minimum absolute atomic E-state index is 0.0566. The van der Waals surface area contributed by atoms with E-state index in [4.69, 9.17) is 0 Å². The van der Waals surface area contributed by atoms with Gasteiger partial charge in [0.1, 0.15) is 18.2 Å². The van der Waals surface area contributed by atoms with E-state index in [0.29, 0.717) is 12.4 Å². The molecule has 1 aromatic rings. The van der Waals surface area contributed by atoms with E-state index in [9.17, 15) is 9.59 Å². The van der Waals surface area contributed by atoms with Gasteiger partial charge in [0, 0.05) is 7.05 Å². The van der Waals surface area contributed by atoms with E-state index in [2.05, 4.69) is 15.4 Å². The second-order valence-electron chi connectivity index (χ2n) is 3.72. The molecule has 86 valence electrons. The van der Waals surface area contributed by atoms with Crippen LogP contribution >= 0.6 is 0 Å². The van der Waals surface area contributed by atoms with Crippen molar-refractivity contribution in [2.24, 2.45) is 7.05 Å². The first-order chi connectivity index (χ1) is 7.59. The number of aromatic nitrogens is 3. The molecule has 0 aromatic carbocycles. The van der Waals surface area contributed by atoms with Crippen molar-refractivity contribution in [1.82, 2.24) is 25.0 Å². The van der Waals surface area contributed by atoms with E-state index in [1.54, 1.807) is 18.7 Å². The van der Waals surface area contributed by atoms with Gasteiger partial charge >= 0.3 is 0 Å². The first kappa shape index (κ1) is 10.6. The van der Waals surface area contributed by atoms with Gasteiger partial charge in [0.05, 0.1) is 13.1 Å². The molecule has 1 saturated heterocycles. The molecule has 1 aliphatic heterocycles. The molecule has 1 fully saturated rings. The standard InChI is InChI=1S/C9H13N5O2/c1-6-9(16)10-3-8(15)14(6)4-7-11-5-12-13(7)2/h5-6H,3-4H2,1-2H3,(H,10,16). The largest absolute Gasteiger partial charge is 0.345 e. The molecule has 1 aliphatic rings. The Kier molecular flexibility index (Phi) is 2.59. The normalized spacial score (nSPS) is 21.1. The molecule has 1 N–H and O–H groups in total. The quantitative estimate of drug-likeness (QED) is 0.673. The van der Waals surface area contributed by atoms with Crippen LogP contribution in [0.5, 0.6) is 0 Å². The Morgan fingerprint density at radius 2 is 2.31 bits per heavy atom. The Morgan fingerprint density at radius 3 is 2.94 bits per heavy atom. The zero-order valence-corrected chi connectivity index (χ0v) is 9.17. The lowest BCUT2D eigenvalue weighted by atomic mass is 10.2. The van der Waals surface area contributed by atoms with E-state index < -0.39 is 6.04 Å². The van der Waals surface area contributed by atoms with Gasteiger partial charge in [0.25, 0.3) is 0 Å². The third kappa shape index (κ3) is 1.75. The Labute approximate surface area is 92.4 Å². The van der Waals surface area contributed by atoms with Gasteiger partial charge in [-0.25, -0.2) is 4.98 Å². The minimum atomic E-state index is -0.460. The number of rotatable bonds is 2. The number of piperazine rings is 1. The Hall–Kier alpha value is -1.92. The van der Waals surface area contributed by atoms with Crippen LogP contribution in [-0.4, -0.2) is 44.1 Å². The molecule has 1 atom stereocenters. The van der Waals surface area contributed by atoms with Gasteiger partial charge in [-0.3, -0.25) is 14.3 Å². The maximum absolute atomic E-state index is 11.6. The summed E-state index contributed by atoms with van der Waals surface area (Å²) in [6, 6.07) is -0.460. The monoisotopic (exact) mass is 223 g/mol. The highest BCUT2D eigenvalue weighted by molar-refractivity contribution is 5.94. The molecule has 2 rings (SSSR count). The van der Waals surface area contributed by atoms with Gasteiger partial charge in [-0.05, 0) is 6.92 Å². The number of carbonyl (C=O) groups excluding carboxylic acids is 2. The minimum Gasteiger partial charge on any atom is -0.345 e. The lowest BCUT2D eigenvalue weighted by Gasteiger charge is -2.32. The lowest BCUT2D eigenvalue weighted by molar-refractivity contribution is -0.145. The summed E-state index contributed by atoms with van der Waals surface area (Å²) in [5, 5.41) is 6.45. The molecule has 2 amide bonds. The van der Waals surface area contributed by atoms with Crippen molar-refractivity contribution < 1.29 is 9.59 Å². The van der Waals surface area contributed by atoms with Crippen molar-refractivity contribution in [3.8, 4) is 0 Å². The van der Waals surface area contributed by atoms with Gasteiger partial charge in [0.2, 0.25) is 11.8 Å². The van der Waals surface area contributed by atoms with Crippen LogP contribution in [0.1, 0.15) is 12.7 Å². The molecule has 0 saturated carbocycles. The van der Waals surface area contributed by atoms with E-state index >= 15 is 0 Å². The number of carbonyl (C=O) groups is 2. The van der Waals surface area contributed by atoms with Crippen LogP contribution in [0.3, 0.4) is 0 Å². The van der Waals surface area contributed by atoms with Crippen LogP contribution in [-0.2, 0) is 23.2 Å². The maximum Gasteiger partial charge on any atom is 0.243 e. The van der Waals surface area contributed by atoms with E-state index in [-0.39, 0.29) is 18.4 Å². The van der Waals surface area contributed by atoms with Crippen LogP contribution < -0.4 is 5.32 Å². The second-order valence-corrected chi connectivity index (χ2v) is 3.72. The summed E-state index contributed by atoms with van der Waals surface area (Å²) in [7, 11) is 1.75. The van der Waals surface area contributed by atoms with Crippen molar-refractivity contribution in [3.63, 3.8) is 0 Å². The van der Waals surface area contributed by atoms with E-state index in [0.717, 1.165) is 0 Å². The number of hydrogen-bond donors (Lipinski definition) is 1. The number of aryl methyl sites for hydroxylation is 1. The third-order valence-electron chi connectivity index (χ3n) is 2.70. The van der Waals surface area contributed by atoms with Crippen molar-refractivity contribution in [2.75, 3.05) is 6.54 Å². The van der Waals surface area contributed by atoms with Gasteiger partial charge in [-0.15, -0.1) is 0 Å². The molecule has 0 radical (unpaired) electrons. The molecule has 16 heavy (non-hydrogen) atoms. The smallest absolute Gasteiger partial charge is 0.243 e. The number of nitrogens with zero attached hydrogens (tertiary/aromatic N) is 4. The first-order valence-corrected chi connectivity index (χ1v) is 4.99. The number of nitrogens with one attached hydrogen (secondary N) is 1. The molecule has 7 heteroatoms. The predicted molar refractivity (Wildman–Crippen MR) is 54.0 cm³/mol. The molecular formula is C9H13N5O2. The number of amides is 2. The van der Waals surface area contributed by atoms with Crippen molar-refractivity contribution in [3.05, 3.63) is 12.2 Å². The zero-order valence-electron chi connectivity index (χ0n) is 9.17. The first-order valence-electron chi connectivity index (χ1n) is 4.99. The molecule has 7 nitrogen and oxygen atoms in total. The second kappa shape index (κ2) is 3.92. The molecule has 2 heterocycles. The fraction of sp³-hybridized carbons (Fsp3) is 0.556. The van der Waals surface area contributed by atoms with Crippen LogP contribution in [0.25, 0.3) is 0 Å². The zero-order chi connectivity index (χ0) is 11.7. The van der Waals surface area contributed by atoms with Crippen LogP contribution in [0.15, 0.2) is 6.33 Å². The summed E-state index contributed by atoms with van der Waals surface area (Å²) in [6.45, 7) is 2.06. The van der Waals surface area contributed by atoms with Crippen LogP contribution in [0.4, 0.5) is 0 Å². The highest BCUT2D eigenvalue weighted by Gasteiger charge is 2.31. The molecule has 0 bridgehead atoms. The van der Waals surface area contributed by atoms with Crippen molar-refractivity contribution in [2.45, 2.75) is 19.5 Å². The number of hydrogen-bond acceptors (Lipinski definition) is 4. The van der Waals surface area contributed by atoms with Crippen LogP contribution in [0.2, 0.25) is 0 Å². The fourth-order valence-corrected chi connectivity index (χ4v) is 1.61. The Morgan fingerprint density at radius 1 is 1.56 bits per heavy atom. The summed E-state index contributed by atoms with van der Waals surface area (Å²) >= 11 is 0. The highest BCUT2D eigenvalue weighted by atomic mass is 16.2. The van der Waals surface area contributed by atoms with Gasteiger partial charge in [0.15, 0.2) is 0 Å². The van der Waals surface area contributed by atoms with Gasteiger partial charge in [-0.2, -0.15) is 5.10 Å². The Balaban J connectivity index is 2.16. The van der Waals surface area contributed by atoms with E-state index in [1.807, 2.05) is 0 Å². The average Bonchev–Trinajstić information content (AvgIpc) is 2.65. The molecule has 0 spiro atoms. The predicted octanol–water partition coefficient (Wildman–Crippen LogP) is -1.34. The van der Waals surface area contributed by atoms with Gasteiger partial charge in [-0.1, -0.05) is 0 Å². The van der Waals surface area contributed by atoms with Crippen molar-refractivity contribution >= 4 is 11.8 Å². The average molecular weight is 223 g/mol. The Bertz CT molecular complexity index is 427. The molecular weight excluding hydrogens is 210 g/mol.